The normalized spacial score (nSPS) is 16.6. The Bertz CT molecular complexity index is 3250. The number of phenolic OH excluding ortho intramolecular Hbond substituents is 1. The van der Waals surface area contributed by atoms with Gasteiger partial charge in [-0.05, 0) is 163 Å². The molecule has 34 heteroatoms. The van der Waals surface area contributed by atoms with Crippen LogP contribution in [0, 0.1) is 23.7 Å². The number of hydrogen-bond acceptors (Lipinski definition) is 17. The van der Waals surface area contributed by atoms with Crippen molar-refractivity contribution in [3.63, 3.8) is 0 Å². The van der Waals surface area contributed by atoms with Crippen molar-refractivity contribution >= 4 is 82.9 Å². The molecule has 5 rings (SSSR count). The van der Waals surface area contributed by atoms with E-state index in [1.807, 2.05) is 0 Å². The van der Waals surface area contributed by atoms with Crippen molar-refractivity contribution < 1.29 is 63.0 Å². The van der Waals surface area contributed by atoms with Crippen LogP contribution in [0.15, 0.2) is 69.6 Å². The first-order valence-electron chi connectivity index (χ1n) is 36.7. The van der Waals surface area contributed by atoms with Gasteiger partial charge in [-0.15, -0.1) is 0 Å². The molecular weight excluding hydrogens is 1350 g/mol. The van der Waals surface area contributed by atoms with E-state index in [1.54, 1.807) is 82.3 Å². The molecule has 0 unspecified atom stereocenters. The number of hydrogen-bond donors (Lipinski definition) is 18. The molecule has 0 radical (unpaired) electrons. The Morgan fingerprint density at radius 3 is 1.55 bits per heavy atom. The Kier molecular flexibility index (Phi) is 36.5. The Morgan fingerprint density at radius 2 is 1.03 bits per heavy atom. The van der Waals surface area contributed by atoms with E-state index in [2.05, 4.69) is 67.7 Å². The molecule has 34 nitrogen and oxygen atoms in total. The number of phenols is 1. The molecule has 10 amide bonds. The molecule has 25 N–H and O–H groups in total. The minimum Gasteiger partial charge on any atom is -0.508 e. The van der Waals surface area contributed by atoms with Gasteiger partial charge in [0.15, 0.2) is 17.9 Å². The number of nitrogens with two attached hydrogens (primary N) is 7. The fraction of sp³-hybridized carbons (Fsp3) is 0.634. The van der Waals surface area contributed by atoms with Gasteiger partial charge in [0.1, 0.15) is 54.1 Å². The molecular formula is C71H115N21O13. The fourth-order valence-electron chi connectivity index (χ4n) is 12.2. The summed E-state index contributed by atoms with van der Waals surface area (Å²) < 4.78 is 0. The van der Waals surface area contributed by atoms with Crippen LogP contribution in [0.2, 0.25) is 0 Å². The largest absolute Gasteiger partial charge is 0.508 e. The zero-order valence-electron chi connectivity index (χ0n) is 61.2. The number of unbranched alkanes of at least 4 members (excludes halogenated alkanes) is 1. The fourth-order valence-corrected chi connectivity index (χ4v) is 12.2. The first kappa shape index (κ1) is 85.8. The number of aliphatic imine (C=N–C) groups is 3. The minimum absolute atomic E-state index is 0.00144. The molecule has 2 aromatic carbocycles. The molecule has 2 aliphatic carbocycles. The predicted molar refractivity (Wildman–Crippen MR) is 396 cm³/mol. The Hall–Kier alpha value is -9.86. The number of amides is 10. The van der Waals surface area contributed by atoms with Gasteiger partial charge in [0, 0.05) is 45.7 Å². The van der Waals surface area contributed by atoms with Gasteiger partial charge in [0.2, 0.25) is 59.1 Å². The smallest absolute Gasteiger partial charge is 0.326 e. The Morgan fingerprint density at radius 1 is 0.533 bits per heavy atom. The first-order valence-corrected chi connectivity index (χ1v) is 36.7. The quantitative estimate of drug-likeness (QED) is 0.0189. The van der Waals surface area contributed by atoms with Crippen molar-refractivity contribution in [3.8, 4) is 5.75 Å². The second-order valence-electron chi connectivity index (χ2n) is 28.0. The molecule has 0 bridgehead atoms. The standard InChI is InChI=1S/C71H115N21O13/c1-5-43(4)59(66(102)87-51(20-13-33-81-71(77)78)67(103)92-34-14-21-55(92)65(101)88-52(68(104)105)17-9-10-30-72)90-61(97)50(19-12-32-80-70(75)76)85-60(96)49(18-11-31-79-69(73)74)86-62(98)53(35-42(2)3)89-63(99)54(36-44-15-7-6-8-16-44)84-58(95)39-82-57(94)38-83-64(100)56(37-45-26-28-48(93)29-27-45)91(40-46-22-23-46)41-47-24-25-47/h6-8,15-16,26-29,42-43,46-47,49-56,59,93H,5,9-14,17-25,30-41,72H2,1-4H3,(H,82,94)(H,83,100)(H,84,95)(H,85,96)(H,86,98)(H,87,102)(H,88,101)(H,89,99)(H,90,97)(H,104,105)(H4,73,74,79)(H4,75,76,80)(H4,77,78,81)/t43-,49-,50-,51-,52-,53-,54-,55+,56-,59-/m0/s1. The lowest BCUT2D eigenvalue weighted by molar-refractivity contribution is -0.145. The number of carbonyl (C=O) groups is 11. The van der Waals surface area contributed by atoms with Crippen LogP contribution in [0.25, 0.3) is 0 Å². The average molecular weight is 1470 g/mol. The molecule has 1 heterocycles. The van der Waals surface area contributed by atoms with Crippen LogP contribution in [-0.4, -0.2) is 216 Å². The van der Waals surface area contributed by atoms with Crippen molar-refractivity contribution in [3.05, 3.63) is 65.7 Å². The predicted octanol–water partition coefficient (Wildman–Crippen LogP) is -2.25. The summed E-state index contributed by atoms with van der Waals surface area (Å²) in [5.74, 6) is -9.01. The number of nitrogens with one attached hydrogen (secondary N) is 9. The number of likely N-dealkylation sites (tertiary alicyclic amines) is 1. The van der Waals surface area contributed by atoms with E-state index in [4.69, 9.17) is 40.1 Å². The van der Waals surface area contributed by atoms with Gasteiger partial charge in [0.05, 0.1) is 19.1 Å². The highest BCUT2D eigenvalue weighted by Crippen LogP contribution is 2.35. The lowest BCUT2D eigenvalue weighted by Crippen LogP contribution is -2.61. The SMILES string of the molecule is CC[C@H](C)[C@H](NC(=O)[C@H](CCCN=C(N)N)NC(=O)[C@H](CCCN=C(N)N)NC(=O)[C@H](CC(C)C)NC(=O)[C@H](Cc1ccccc1)NC(=O)CNC(=O)CNC(=O)[C@H](Cc1ccc(O)cc1)N(CC1CC1)CC1CC1)C(=O)N[C@@H](CCCN=C(N)N)C(=O)N1CCC[C@@H]1C(=O)N[C@@H](CCCCN)C(=O)O. The second kappa shape index (κ2) is 44.7. The highest BCUT2D eigenvalue weighted by atomic mass is 16.4. The molecule has 582 valence electrons. The Labute approximate surface area is 614 Å². The van der Waals surface area contributed by atoms with Crippen molar-refractivity contribution in [2.24, 2.45) is 78.8 Å². The molecule has 2 aromatic rings. The number of aliphatic carboxylic acids is 1. The third-order valence-electron chi connectivity index (χ3n) is 18.5. The van der Waals surface area contributed by atoms with Gasteiger partial charge in [-0.1, -0.05) is 76.6 Å². The molecule has 0 spiro atoms. The van der Waals surface area contributed by atoms with Crippen molar-refractivity contribution in [2.75, 3.05) is 58.9 Å². The second-order valence-corrected chi connectivity index (χ2v) is 28.0. The van der Waals surface area contributed by atoms with Gasteiger partial charge in [-0.25, -0.2) is 4.79 Å². The highest BCUT2D eigenvalue weighted by Gasteiger charge is 2.42. The van der Waals surface area contributed by atoms with Crippen molar-refractivity contribution in [1.82, 2.24) is 57.7 Å². The summed E-state index contributed by atoms with van der Waals surface area (Å²) in [6.45, 7) is 8.01. The van der Waals surface area contributed by atoms with E-state index in [-0.39, 0.29) is 126 Å². The van der Waals surface area contributed by atoms with Crippen LogP contribution in [0.1, 0.15) is 148 Å². The van der Waals surface area contributed by atoms with Gasteiger partial charge >= 0.3 is 5.97 Å². The van der Waals surface area contributed by atoms with E-state index in [1.165, 1.54) is 4.90 Å². The van der Waals surface area contributed by atoms with Crippen LogP contribution in [0.3, 0.4) is 0 Å². The number of rotatable bonds is 49. The van der Waals surface area contributed by atoms with Gasteiger partial charge in [-0.3, -0.25) is 67.8 Å². The van der Waals surface area contributed by atoms with Crippen LogP contribution < -0.4 is 88.0 Å². The summed E-state index contributed by atoms with van der Waals surface area (Å²) in [5.41, 5.74) is 40.8. The van der Waals surface area contributed by atoms with Gasteiger partial charge in [0.25, 0.3) is 0 Å². The third kappa shape index (κ3) is 32.0. The lowest BCUT2D eigenvalue weighted by Gasteiger charge is -2.32. The van der Waals surface area contributed by atoms with E-state index in [0.29, 0.717) is 56.0 Å². The average Bonchev–Trinajstić information content (AvgIpc) is 1.63. The number of nitrogens with zero attached hydrogens (tertiary/aromatic N) is 5. The maximum Gasteiger partial charge on any atom is 0.326 e. The van der Waals surface area contributed by atoms with Gasteiger partial charge in [-0.2, -0.15) is 0 Å². The lowest BCUT2D eigenvalue weighted by atomic mass is 9.96. The topological polar surface area (TPSA) is 562 Å². The molecule has 1 aliphatic heterocycles. The number of benzene rings is 2. The van der Waals surface area contributed by atoms with E-state index < -0.39 is 133 Å². The summed E-state index contributed by atoms with van der Waals surface area (Å²) in [6, 6.07) is 4.28. The summed E-state index contributed by atoms with van der Waals surface area (Å²) in [4.78, 5) is 171. The summed E-state index contributed by atoms with van der Waals surface area (Å²) in [6.07, 6.45) is 6.71. The Balaban J connectivity index is 1.34. The first-order chi connectivity index (χ1) is 50.0. The van der Waals surface area contributed by atoms with E-state index >= 15 is 0 Å². The monoisotopic (exact) mass is 1470 g/mol. The summed E-state index contributed by atoms with van der Waals surface area (Å²) in [5, 5.41) is 44.3. The van der Waals surface area contributed by atoms with Crippen molar-refractivity contribution in [1.29, 1.82) is 0 Å². The molecule has 3 fully saturated rings. The van der Waals surface area contributed by atoms with Gasteiger partial charge < -0.3 is 103 Å². The molecule has 1 saturated heterocycles. The van der Waals surface area contributed by atoms with Crippen LogP contribution in [-0.2, 0) is 65.6 Å². The highest BCUT2D eigenvalue weighted by molar-refractivity contribution is 5.99. The van der Waals surface area contributed by atoms with E-state index in [9.17, 15) is 63.0 Å². The zero-order valence-corrected chi connectivity index (χ0v) is 61.2. The molecule has 0 aromatic heterocycles. The number of aromatic hydroxyl groups is 1. The van der Waals surface area contributed by atoms with Crippen LogP contribution >= 0.6 is 0 Å². The van der Waals surface area contributed by atoms with Crippen LogP contribution in [0.5, 0.6) is 5.75 Å². The zero-order chi connectivity index (χ0) is 77.1. The molecule has 2 saturated carbocycles. The number of carboxylic acid groups (broad SMARTS) is 1. The van der Waals surface area contributed by atoms with Crippen LogP contribution in [0.4, 0.5) is 0 Å². The summed E-state index contributed by atoms with van der Waals surface area (Å²) >= 11 is 0. The number of carboxylic acids is 1. The molecule has 105 heavy (non-hydrogen) atoms. The minimum atomic E-state index is -1.44. The van der Waals surface area contributed by atoms with Crippen molar-refractivity contribution in [2.45, 2.75) is 204 Å². The molecule has 3 aliphatic rings. The van der Waals surface area contributed by atoms with E-state index in [0.717, 1.165) is 44.3 Å². The maximum absolute atomic E-state index is 14.8. The molecule has 10 atom stereocenters. The maximum atomic E-state index is 14.8. The number of carbonyl (C=O) groups excluding carboxylic acids is 10. The third-order valence-corrected chi connectivity index (χ3v) is 18.5. The summed E-state index contributed by atoms with van der Waals surface area (Å²) in [7, 11) is 0. The number of guanidine groups is 3.